The molecule has 25 heavy (non-hydrogen) atoms. The molecule has 0 saturated carbocycles. The van der Waals surface area contributed by atoms with Gasteiger partial charge in [-0.05, 0) is 24.6 Å². The van der Waals surface area contributed by atoms with Crippen molar-refractivity contribution in [1.29, 1.82) is 0 Å². The molecular formula is C18H24O6S. The molecule has 0 radical (unpaired) electrons. The van der Waals surface area contributed by atoms with Crippen molar-refractivity contribution in [2.75, 3.05) is 26.4 Å². The summed E-state index contributed by atoms with van der Waals surface area (Å²) < 4.78 is 40.0. The third-order valence-corrected chi connectivity index (χ3v) is 3.91. The molecule has 0 aromatic heterocycles. The zero-order chi connectivity index (χ0) is 18.5. The predicted octanol–water partition coefficient (Wildman–Crippen LogP) is 2.45. The molecule has 0 spiro atoms. The topological polar surface area (TPSA) is 93.1 Å². The fourth-order valence-electron chi connectivity index (χ4n) is 1.76. The smallest absolute Gasteiger partial charge is 0.294 e. The van der Waals surface area contributed by atoms with Crippen molar-refractivity contribution in [3.05, 3.63) is 65.7 Å². The first-order valence-corrected chi connectivity index (χ1v) is 9.22. The fraction of sp³-hybridized carbons (Fsp3) is 0.333. The standard InChI is InChI=1S/C11H16O3.C7H8O3S/c12-6-7-13-8-9-14-10-11-4-2-1-3-5-11;1-6-2-4-7(5-3-6)11(8,9)10/h1-5,12H,6-10H2;2-5H,1H3,(H,8,9,10). The SMILES string of the molecule is Cc1ccc(S(=O)(=O)O)cc1.OCCOCCOCc1ccccc1. The Morgan fingerprint density at radius 2 is 1.48 bits per heavy atom. The van der Waals surface area contributed by atoms with Crippen molar-refractivity contribution in [3.63, 3.8) is 0 Å². The van der Waals surface area contributed by atoms with Crippen LogP contribution in [-0.4, -0.2) is 44.5 Å². The van der Waals surface area contributed by atoms with Crippen molar-refractivity contribution in [1.82, 2.24) is 0 Å². The molecule has 0 aliphatic rings. The highest BCUT2D eigenvalue weighted by molar-refractivity contribution is 7.85. The minimum Gasteiger partial charge on any atom is -0.394 e. The number of hydrogen-bond acceptors (Lipinski definition) is 5. The van der Waals surface area contributed by atoms with Crippen LogP contribution in [0, 0.1) is 6.92 Å². The minimum atomic E-state index is -4.02. The van der Waals surface area contributed by atoms with Gasteiger partial charge in [-0.15, -0.1) is 0 Å². The van der Waals surface area contributed by atoms with E-state index in [1.165, 1.54) is 12.1 Å². The van der Waals surface area contributed by atoms with E-state index in [9.17, 15) is 8.42 Å². The summed E-state index contributed by atoms with van der Waals surface area (Å²) in [5.74, 6) is 0. The van der Waals surface area contributed by atoms with Crippen molar-refractivity contribution < 1.29 is 27.6 Å². The molecule has 7 heteroatoms. The van der Waals surface area contributed by atoms with Crippen LogP contribution in [0.1, 0.15) is 11.1 Å². The molecule has 0 unspecified atom stereocenters. The number of aliphatic hydroxyl groups excluding tert-OH is 1. The van der Waals surface area contributed by atoms with Crippen LogP contribution in [0.4, 0.5) is 0 Å². The molecule has 6 nitrogen and oxygen atoms in total. The van der Waals surface area contributed by atoms with Crippen molar-refractivity contribution in [3.8, 4) is 0 Å². The van der Waals surface area contributed by atoms with E-state index in [4.69, 9.17) is 19.1 Å². The Hall–Kier alpha value is -1.77. The monoisotopic (exact) mass is 368 g/mol. The Bertz CT molecular complexity index is 683. The summed E-state index contributed by atoms with van der Waals surface area (Å²) in [6.07, 6.45) is 0. The molecule has 0 atom stereocenters. The maximum atomic E-state index is 10.5. The molecule has 0 fully saturated rings. The van der Waals surface area contributed by atoms with E-state index in [0.717, 1.165) is 11.1 Å². The van der Waals surface area contributed by atoms with Crippen molar-refractivity contribution in [2.45, 2.75) is 18.4 Å². The number of benzene rings is 2. The largest absolute Gasteiger partial charge is 0.394 e. The Morgan fingerprint density at radius 1 is 0.880 bits per heavy atom. The van der Waals surface area contributed by atoms with Crippen molar-refractivity contribution in [2.24, 2.45) is 0 Å². The highest BCUT2D eigenvalue weighted by Gasteiger charge is 2.06. The normalized spacial score (nSPS) is 10.8. The second-order valence-corrected chi connectivity index (χ2v) is 6.58. The van der Waals surface area contributed by atoms with Gasteiger partial charge in [-0.1, -0.05) is 48.0 Å². The van der Waals surface area contributed by atoms with Gasteiger partial charge in [0.15, 0.2) is 0 Å². The van der Waals surface area contributed by atoms with Crippen molar-refractivity contribution >= 4 is 10.1 Å². The van der Waals surface area contributed by atoms with E-state index in [1.54, 1.807) is 12.1 Å². The first-order chi connectivity index (χ1) is 11.9. The average molecular weight is 368 g/mol. The lowest BCUT2D eigenvalue weighted by Gasteiger charge is -2.04. The van der Waals surface area contributed by atoms with Gasteiger partial charge < -0.3 is 14.6 Å². The molecule has 0 aliphatic carbocycles. The van der Waals surface area contributed by atoms with E-state index in [2.05, 4.69) is 0 Å². The Kier molecular flexibility index (Phi) is 9.98. The molecule has 0 bridgehead atoms. The third kappa shape index (κ3) is 9.96. The Labute approximate surface area is 148 Å². The molecule has 0 amide bonds. The summed E-state index contributed by atoms with van der Waals surface area (Å²) in [6, 6.07) is 16.0. The lowest BCUT2D eigenvalue weighted by Crippen LogP contribution is -2.07. The van der Waals surface area contributed by atoms with Gasteiger partial charge in [0.1, 0.15) is 0 Å². The Balaban J connectivity index is 0.000000257. The highest BCUT2D eigenvalue weighted by atomic mass is 32.2. The summed E-state index contributed by atoms with van der Waals surface area (Å²) in [5, 5.41) is 8.43. The molecular weight excluding hydrogens is 344 g/mol. The second-order valence-electron chi connectivity index (χ2n) is 5.16. The van der Waals surface area contributed by atoms with Crippen LogP contribution in [0.5, 0.6) is 0 Å². The summed E-state index contributed by atoms with van der Waals surface area (Å²) in [6.45, 7) is 4.01. The van der Waals surface area contributed by atoms with Crippen LogP contribution in [0.25, 0.3) is 0 Å². The van der Waals surface area contributed by atoms with Gasteiger partial charge in [0.25, 0.3) is 10.1 Å². The summed E-state index contributed by atoms with van der Waals surface area (Å²) in [5.41, 5.74) is 2.12. The van der Waals surface area contributed by atoms with Gasteiger partial charge >= 0.3 is 0 Å². The van der Waals surface area contributed by atoms with Crippen LogP contribution in [0.2, 0.25) is 0 Å². The lowest BCUT2D eigenvalue weighted by molar-refractivity contribution is 0.0274. The second kappa shape index (κ2) is 11.7. The van der Waals surface area contributed by atoms with Crippen LogP contribution < -0.4 is 0 Å². The number of hydrogen-bond donors (Lipinski definition) is 2. The maximum absolute atomic E-state index is 10.5. The minimum absolute atomic E-state index is 0.0666. The molecule has 2 rings (SSSR count). The molecule has 0 aliphatic heterocycles. The number of aryl methyl sites for hydroxylation is 1. The molecule has 0 saturated heterocycles. The van der Waals surface area contributed by atoms with Crippen LogP contribution in [0.3, 0.4) is 0 Å². The van der Waals surface area contributed by atoms with Gasteiger partial charge in [0.05, 0.1) is 37.9 Å². The third-order valence-electron chi connectivity index (χ3n) is 3.04. The molecule has 138 valence electrons. The quantitative estimate of drug-likeness (QED) is 0.549. The zero-order valence-electron chi connectivity index (χ0n) is 14.2. The van der Waals surface area contributed by atoms with Crippen LogP contribution in [0.15, 0.2) is 59.5 Å². The first kappa shape index (κ1) is 21.3. The van der Waals surface area contributed by atoms with E-state index in [-0.39, 0.29) is 11.5 Å². The molecule has 2 aromatic rings. The van der Waals surface area contributed by atoms with Gasteiger partial charge in [0.2, 0.25) is 0 Å². The zero-order valence-corrected chi connectivity index (χ0v) is 15.0. The Morgan fingerprint density at radius 3 is 2.04 bits per heavy atom. The molecule has 2 aromatic carbocycles. The number of aliphatic hydroxyl groups is 1. The molecule has 2 N–H and O–H groups in total. The average Bonchev–Trinajstić information content (AvgIpc) is 2.59. The van der Waals surface area contributed by atoms with Gasteiger partial charge in [-0.25, -0.2) is 0 Å². The maximum Gasteiger partial charge on any atom is 0.294 e. The van der Waals surface area contributed by atoms with Crippen LogP contribution >= 0.6 is 0 Å². The predicted molar refractivity (Wildman–Crippen MR) is 95.0 cm³/mol. The van der Waals surface area contributed by atoms with Gasteiger partial charge in [-0.2, -0.15) is 8.42 Å². The highest BCUT2D eigenvalue weighted by Crippen LogP contribution is 2.08. The number of rotatable bonds is 8. The van der Waals surface area contributed by atoms with E-state index < -0.39 is 10.1 Å². The summed E-state index contributed by atoms with van der Waals surface area (Å²) in [7, 11) is -4.02. The summed E-state index contributed by atoms with van der Waals surface area (Å²) >= 11 is 0. The molecule has 0 heterocycles. The van der Waals surface area contributed by atoms with Gasteiger partial charge in [-0.3, -0.25) is 4.55 Å². The van der Waals surface area contributed by atoms with E-state index >= 15 is 0 Å². The number of ether oxygens (including phenoxy) is 2. The van der Waals surface area contributed by atoms with E-state index in [1.807, 2.05) is 37.3 Å². The van der Waals surface area contributed by atoms with Crippen LogP contribution in [-0.2, 0) is 26.2 Å². The fourth-order valence-corrected chi connectivity index (χ4v) is 2.24. The first-order valence-electron chi connectivity index (χ1n) is 7.78. The van der Waals surface area contributed by atoms with E-state index in [0.29, 0.717) is 26.4 Å². The summed E-state index contributed by atoms with van der Waals surface area (Å²) in [4.78, 5) is -0.0666. The van der Waals surface area contributed by atoms with Gasteiger partial charge in [0, 0.05) is 0 Å². The lowest BCUT2D eigenvalue weighted by atomic mass is 10.2.